The van der Waals surface area contributed by atoms with E-state index in [0.29, 0.717) is 19.4 Å². The highest BCUT2D eigenvalue weighted by Gasteiger charge is 2.55. The number of phosphoric acid groups is 1. The Labute approximate surface area is 482 Å². The summed E-state index contributed by atoms with van der Waals surface area (Å²) in [7, 11) is -10.3. The van der Waals surface area contributed by atoms with Gasteiger partial charge in [-0.2, -0.15) is 0 Å². The average Bonchev–Trinajstić information content (AvgIpc) is 3.45. The van der Waals surface area contributed by atoms with Gasteiger partial charge >= 0.3 is 13.8 Å². The summed E-state index contributed by atoms with van der Waals surface area (Å²) in [6, 6.07) is 17.7. The Morgan fingerprint density at radius 2 is 1.16 bits per heavy atom. The summed E-state index contributed by atoms with van der Waals surface area (Å²) in [6.07, 6.45) is 12.0. The van der Waals surface area contributed by atoms with Gasteiger partial charge in [0.1, 0.15) is 36.5 Å². The highest BCUT2D eigenvalue weighted by Crippen LogP contribution is 2.53. The van der Waals surface area contributed by atoms with E-state index in [1.165, 1.54) is 57.8 Å². The lowest BCUT2D eigenvalue weighted by Gasteiger charge is -2.47. The molecule has 1 amide bonds. The molecule has 0 aliphatic carbocycles. The number of carbonyl (C=O) groups is 2. The van der Waals surface area contributed by atoms with Crippen LogP contribution in [-0.2, 0) is 46.8 Å². The van der Waals surface area contributed by atoms with E-state index in [2.05, 4.69) is 92.3 Å². The number of rotatable bonds is 43. The number of hydrogen-bond donors (Lipinski definition) is 2. The normalized spacial score (nSPS) is 19.2. The van der Waals surface area contributed by atoms with E-state index in [1.807, 2.05) is 0 Å². The van der Waals surface area contributed by atoms with Crippen molar-refractivity contribution in [2.75, 3.05) is 26.6 Å². The quantitative estimate of drug-likeness (QED) is 0.0212. The van der Waals surface area contributed by atoms with Gasteiger partial charge < -0.3 is 47.6 Å². The van der Waals surface area contributed by atoms with Crippen molar-refractivity contribution in [3.05, 3.63) is 60.7 Å². The van der Waals surface area contributed by atoms with Gasteiger partial charge in [-0.05, 0) is 67.3 Å². The maximum atomic E-state index is 15.6. The summed E-state index contributed by atoms with van der Waals surface area (Å²) in [4.78, 5) is 29.4. The second-order valence-corrected chi connectivity index (χ2v) is 43.4. The number of esters is 1. The maximum absolute atomic E-state index is 15.6. The molecule has 1 heterocycles. The number of carbonyl (C=O) groups excluding carboxylic acids is 2. The molecule has 454 valence electrons. The molecular weight excluding hydrogens is 1070 g/mol. The van der Waals surface area contributed by atoms with Crippen molar-refractivity contribution < 1.29 is 60.9 Å². The molecule has 0 spiro atoms. The van der Waals surface area contributed by atoms with Gasteiger partial charge in [0.15, 0.2) is 20.7 Å². The topological polar surface area (TPSA) is 167 Å². The molecule has 0 saturated carbocycles. The SMILES string of the molecule is CCCCCCCCCCCC(CC(=O)N[C@H]1[C@H](OCC[Si](C)(C)C)O[C@H](CO[Si](C)(C)C(C)(C)C)[C@@H](OP(=O)(Oc2ccccc2)Oc2ccccc2)[C@@H]1OC(=O)CC(O)CCCCCCCCC)OCOCC[Si](C)(C)C. The molecule has 7 atom stereocenters. The Morgan fingerprint density at radius 1 is 0.671 bits per heavy atom. The van der Waals surface area contributed by atoms with Crippen molar-refractivity contribution >= 4 is 44.2 Å². The monoisotopic (exact) mass is 1180 g/mol. The molecule has 79 heavy (non-hydrogen) atoms. The number of aliphatic hydroxyl groups is 1. The minimum absolute atomic E-state index is 0.0273. The molecular formula is C61H110NO13PSi3. The fraction of sp³-hybridized carbons (Fsp3) is 0.770. The van der Waals surface area contributed by atoms with Crippen LogP contribution in [0.15, 0.2) is 60.7 Å². The van der Waals surface area contributed by atoms with E-state index in [9.17, 15) is 14.7 Å². The highest BCUT2D eigenvalue weighted by atomic mass is 31.2. The molecule has 2 aromatic rings. The molecule has 2 aromatic carbocycles. The Hall–Kier alpha value is -2.42. The summed E-state index contributed by atoms with van der Waals surface area (Å²) in [5.74, 6) is -0.719. The van der Waals surface area contributed by atoms with Gasteiger partial charge in [-0.1, -0.05) is 213 Å². The van der Waals surface area contributed by atoms with Crippen molar-refractivity contribution in [2.24, 2.45) is 0 Å². The zero-order chi connectivity index (χ0) is 58.4. The molecule has 0 bridgehead atoms. The maximum Gasteiger partial charge on any atom is 0.588 e. The van der Waals surface area contributed by atoms with Gasteiger partial charge in [-0.15, -0.1) is 0 Å². The lowest BCUT2D eigenvalue weighted by Crippen LogP contribution is -2.67. The molecule has 14 nitrogen and oxygen atoms in total. The molecule has 3 rings (SSSR count). The van der Waals surface area contributed by atoms with Crippen molar-refractivity contribution in [1.82, 2.24) is 5.32 Å². The van der Waals surface area contributed by atoms with Gasteiger partial charge in [0, 0.05) is 29.4 Å². The summed E-state index contributed by atoms with van der Waals surface area (Å²) in [5.41, 5.74) is 0. The third-order valence-electron chi connectivity index (χ3n) is 14.9. The zero-order valence-electron chi connectivity index (χ0n) is 51.5. The average molecular weight is 1180 g/mol. The molecule has 1 fully saturated rings. The third kappa shape index (κ3) is 30.6. The Kier molecular flexibility index (Phi) is 33.2. The number of benzene rings is 2. The van der Waals surface area contributed by atoms with Crippen LogP contribution in [0.4, 0.5) is 0 Å². The second kappa shape index (κ2) is 37.0. The van der Waals surface area contributed by atoms with Crippen molar-refractivity contribution in [3.63, 3.8) is 0 Å². The number of phosphoric ester groups is 1. The largest absolute Gasteiger partial charge is 0.588 e. The van der Waals surface area contributed by atoms with Gasteiger partial charge in [0.05, 0.1) is 31.7 Å². The van der Waals surface area contributed by atoms with Crippen molar-refractivity contribution in [3.8, 4) is 11.5 Å². The molecule has 1 aliphatic heterocycles. The van der Waals surface area contributed by atoms with Crippen LogP contribution in [-0.4, -0.2) is 111 Å². The number of nitrogens with one attached hydrogen (secondary N) is 1. The summed E-state index contributed by atoms with van der Waals surface area (Å²) < 4.78 is 74.2. The predicted octanol–water partition coefficient (Wildman–Crippen LogP) is 16.0. The number of ether oxygens (including phenoxy) is 5. The van der Waals surface area contributed by atoms with E-state index in [0.717, 1.165) is 57.0 Å². The van der Waals surface area contributed by atoms with Gasteiger partial charge in [-0.25, -0.2) is 4.57 Å². The summed E-state index contributed by atoms with van der Waals surface area (Å²) in [6.45, 7) is 29.6. The minimum Gasteiger partial charge on any atom is -0.457 e. The number of hydrogen-bond acceptors (Lipinski definition) is 13. The Balaban J connectivity index is 2.15. The molecule has 2 N–H and O–H groups in total. The molecule has 0 radical (unpaired) electrons. The van der Waals surface area contributed by atoms with E-state index in [4.69, 9.17) is 41.7 Å². The standard InChI is InChI=1S/C61H110NO13PSi3/c1-14-16-18-20-22-23-25-27-31-41-53(69-49-67-42-44-77(6,7)8)47-55(64)62-57-59(72-56(65)46-50(63)36-30-26-24-21-19-17-15-2)58(75-76(66,73-51-37-32-28-33-38-51)74-52-39-34-29-35-40-52)54(48-70-79(12,13)61(3,4)5)71-60(57)68-43-45-78(9,10)11/h28-29,32-35,37-40,50,53-54,57-60,63H,14-27,30-31,36,41-49H2,1-13H3,(H,62,64)/t50?,53?,54-,57-,58-,59-,60-/m1/s1. The van der Waals surface area contributed by atoms with Crippen LogP contribution in [0.25, 0.3) is 0 Å². The highest BCUT2D eigenvalue weighted by molar-refractivity contribution is 7.49. The zero-order valence-corrected chi connectivity index (χ0v) is 55.4. The molecule has 0 aromatic heterocycles. The van der Waals surface area contributed by atoms with Crippen LogP contribution in [0, 0.1) is 0 Å². The van der Waals surface area contributed by atoms with Gasteiger partial charge in [-0.3, -0.25) is 14.1 Å². The van der Waals surface area contributed by atoms with Gasteiger partial charge in [0.25, 0.3) is 0 Å². The number of unbranched alkanes of at least 4 members (excludes halogenated alkanes) is 14. The number of para-hydroxylation sites is 2. The molecule has 1 saturated heterocycles. The fourth-order valence-corrected chi connectivity index (χ4v) is 12.8. The van der Waals surface area contributed by atoms with Crippen LogP contribution in [0.3, 0.4) is 0 Å². The van der Waals surface area contributed by atoms with E-state index in [1.54, 1.807) is 60.7 Å². The summed E-state index contributed by atoms with van der Waals surface area (Å²) >= 11 is 0. The first kappa shape index (κ1) is 70.8. The summed E-state index contributed by atoms with van der Waals surface area (Å²) in [5, 5.41) is 14.3. The molecule has 2 unspecified atom stereocenters. The van der Waals surface area contributed by atoms with Gasteiger partial charge in [0.2, 0.25) is 5.91 Å². The van der Waals surface area contributed by atoms with Crippen molar-refractivity contribution in [2.45, 2.75) is 275 Å². The van der Waals surface area contributed by atoms with E-state index in [-0.39, 0.29) is 49.4 Å². The van der Waals surface area contributed by atoms with Crippen LogP contribution in [0.2, 0.25) is 69.5 Å². The predicted molar refractivity (Wildman–Crippen MR) is 328 cm³/mol. The minimum atomic E-state index is -4.75. The van der Waals surface area contributed by atoms with Crippen LogP contribution in [0.5, 0.6) is 11.5 Å². The Bertz CT molecular complexity index is 1940. The van der Waals surface area contributed by atoms with Crippen LogP contribution >= 0.6 is 7.82 Å². The number of aliphatic hydroxyl groups excluding tert-OH is 1. The van der Waals surface area contributed by atoms with E-state index >= 15 is 4.57 Å². The third-order valence-corrected chi connectivity index (χ3v) is 24.2. The Morgan fingerprint density at radius 3 is 1.67 bits per heavy atom. The first-order chi connectivity index (χ1) is 37.3. The van der Waals surface area contributed by atoms with Crippen molar-refractivity contribution in [1.29, 1.82) is 0 Å². The second-order valence-electron chi connectivity index (χ2n) is 25.9. The molecule has 18 heteroatoms. The molecule has 1 aliphatic rings. The van der Waals surface area contributed by atoms with Crippen LogP contribution in [0.1, 0.15) is 163 Å². The smallest absolute Gasteiger partial charge is 0.457 e. The first-order valence-electron chi connectivity index (χ1n) is 30.4. The lowest BCUT2D eigenvalue weighted by atomic mass is 9.96. The van der Waals surface area contributed by atoms with Crippen LogP contribution < -0.4 is 14.4 Å². The number of amides is 1. The van der Waals surface area contributed by atoms with E-state index < -0.39 is 87.0 Å². The first-order valence-corrected chi connectivity index (χ1v) is 42.2. The lowest BCUT2D eigenvalue weighted by molar-refractivity contribution is -0.269. The fourth-order valence-electron chi connectivity index (χ4n) is 8.81.